The monoisotopic (exact) mass is 581 g/mol. The largest absolute Gasteiger partial charge is 0.462 e. The van der Waals surface area contributed by atoms with Gasteiger partial charge in [0.15, 0.2) is 6.10 Å². The van der Waals surface area contributed by atoms with Gasteiger partial charge >= 0.3 is 11.9 Å². The maximum absolute atomic E-state index is 12.1. The van der Waals surface area contributed by atoms with Gasteiger partial charge in [-0.1, -0.05) is 148 Å². The van der Waals surface area contributed by atoms with Crippen molar-refractivity contribution in [3.63, 3.8) is 0 Å². The van der Waals surface area contributed by atoms with Gasteiger partial charge in [-0.05, 0) is 38.5 Å². The highest BCUT2D eigenvalue weighted by atomic mass is 16.6. The predicted molar refractivity (Wildman–Crippen MR) is 173 cm³/mol. The second-order valence-corrected chi connectivity index (χ2v) is 12.0. The highest BCUT2D eigenvalue weighted by molar-refractivity contribution is 5.70. The number of unbranched alkanes of at least 4 members (excludes halogenated alkanes) is 22. The van der Waals surface area contributed by atoms with Gasteiger partial charge in [0, 0.05) is 12.8 Å². The van der Waals surface area contributed by atoms with Gasteiger partial charge in [0.25, 0.3) is 0 Å². The van der Waals surface area contributed by atoms with Crippen molar-refractivity contribution in [3.8, 4) is 0 Å². The number of esters is 2. The van der Waals surface area contributed by atoms with Crippen molar-refractivity contribution in [2.75, 3.05) is 13.2 Å². The minimum absolute atomic E-state index is 0.0649. The smallest absolute Gasteiger partial charge is 0.306 e. The zero-order valence-corrected chi connectivity index (χ0v) is 27.3. The summed E-state index contributed by atoms with van der Waals surface area (Å²) >= 11 is 0. The van der Waals surface area contributed by atoms with E-state index in [1.54, 1.807) is 0 Å². The van der Waals surface area contributed by atoms with Gasteiger partial charge in [0.2, 0.25) is 0 Å². The average molecular weight is 581 g/mol. The zero-order valence-electron chi connectivity index (χ0n) is 27.3. The van der Waals surface area contributed by atoms with Crippen LogP contribution in [0.15, 0.2) is 12.2 Å². The van der Waals surface area contributed by atoms with E-state index in [2.05, 4.69) is 26.0 Å². The Morgan fingerprint density at radius 3 is 1.32 bits per heavy atom. The third kappa shape index (κ3) is 31.4. The van der Waals surface area contributed by atoms with E-state index in [1.807, 2.05) is 0 Å². The molecule has 242 valence electrons. The van der Waals surface area contributed by atoms with E-state index in [4.69, 9.17) is 9.47 Å². The Kier molecular flexibility index (Phi) is 32.0. The lowest BCUT2D eigenvalue weighted by Gasteiger charge is -2.15. The molecule has 0 aliphatic carbocycles. The van der Waals surface area contributed by atoms with Crippen molar-refractivity contribution in [1.82, 2.24) is 0 Å². The lowest BCUT2D eigenvalue weighted by atomic mass is 10.0. The molecule has 0 aliphatic rings. The normalized spacial score (nSPS) is 12.2. The van der Waals surface area contributed by atoms with Crippen LogP contribution < -0.4 is 0 Å². The molecular formula is C36H68O5. The highest BCUT2D eigenvalue weighted by Crippen LogP contribution is 2.14. The van der Waals surface area contributed by atoms with Crippen molar-refractivity contribution in [3.05, 3.63) is 12.2 Å². The minimum Gasteiger partial charge on any atom is -0.462 e. The summed E-state index contributed by atoms with van der Waals surface area (Å²) < 4.78 is 10.6. The molecule has 0 aromatic carbocycles. The lowest BCUT2D eigenvalue weighted by molar-refractivity contribution is -0.161. The van der Waals surface area contributed by atoms with Gasteiger partial charge in [-0.25, -0.2) is 0 Å². The standard InChI is InChI=1S/C36H68O5/c1-3-5-7-9-11-13-15-17-19-20-22-24-26-28-30-35(38)40-33-34(32-37)41-36(39)31-29-27-25-23-21-18-16-14-12-10-8-6-4-2/h15,17,34,37H,3-14,16,18-33H2,1-2H3/b17-15+/t34-/m0/s1. The number of allylic oxidation sites excluding steroid dienone is 2. The molecule has 0 unspecified atom stereocenters. The fourth-order valence-corrected chi connectivity index (χ4v) is 5.08. The predicted octanol–water partition coefficient (Wildman–Crippen LogP) is 10.6. The van der Waals surface area contributed by atoms with Gasteiger partial charge in [0.05, 0.1) is 6.61 Å². The Balaban J connectivity index is 3.56. The first-order valence-electron chi connectivity index (χ1n) is 17.7. The van der Waals surface area contributed by atoms with Gasteiger partial charge < -0.3 is 14.6 Å². The minimum atomic E-state index is -0.766. The van der Waals surface area contributed by atoms with Gasteiger partial charge in [-0.2, -0.15) is 0 Å². The second-order valence-electron chi connectivity index (χ2n) is 12.0. The van der Waals surface area contributed by atoms with E-state index in [1.165, 1.54) is 116 Å². The summed E-state index contributed by atoms with van der Waals surface area (Å²) in [6.45, 7) is 4.12. The first kappa shape index (κ1) is 39.6. The summed E-state index contributed by atoms with van der Waals surface area (Å²) in [5, 5.41) is 9.51. The summed E-state index contributed by atoms with van der Waals surface area (Å²) in [6, 6.07) is 0. The second kappa shape index (κ2) is 33.1. The number of ether oxygens (including phenoxy) is 2. The number of rotatable bonds is 32. The number of carbonyl (C=O) groups is 2. The molecule has 1 atom stereocenters. The summed E-state index contributed by atoms with van der Waals surface area (Å²) in [7, 11) is 0. The molecule has 0 amide bonds. The van der Waals surface area contributed by atoms with Crippen LogP contribution in [0.3, 0.4) is 0 Å². The molecule has 0 aromatic rings. The van der Waals surface area contributed by atoms with Crippen molar-refractivity contribution >= 4 is 11.9 Å². The Bertz CT molecular complexity index is 589. The van der Waals surface area contributed by atoms with Crippen LogP contribution in [0.4, 0.5) is 0 Å². The Morgan fingerprint density at radius 2 is 0.902 bits per heavy atom. The van der Waals surface area contributed by atoms with Gasteiger partial charge in [0.1, 0.15) is 6.61 Å². The van der Waals surface area contributed by atoms with Crippen molar-refractivity contribution < 1.29 is 24.2 Å². The maximum Gasteiger partial charge on any atom is 0.306 e. The van der Waals surface area contributed by atoms with E-state index in [0.29, 0.717) is 12.8 Å². The number of hydrogen-bond acceptors (Lipinski definition) is 5. The molecule has 0 spiro atoms. The number of carbonyl (C=O) groups excluding carboxylic acids is 2. The lowest BCUT2D eigenvalue weighted by Crippen LogP contribution is -2.28. The maximum atomic E-state index is 12.1. The molecule has 5 nitrogen and oxygen atoms in total. The molecular weight excluding hydrogens is 512 g/mol. The quantitative estimate of drug-likeness (QED) is 0.0487. The number of hydrogen-bond donors (Lipinski definition) is 1. The molecule has 0 bridgehead atoms. The fraction of sp³-hybridized carbons (Fsp3) is 0.889. The molecule has 0 saturated heterocycles. The summed E-state index contributed by atoms with van der Waals surface area (Å²) in [5.74, 6) is -0.595. The number of aliphatic hydroxyl groups is 1. The van der Waals surface area contributed by atoms with Crippen molar-refractivity contribution in [1.29, 1.82) is 0 Å². The molecule has 1 N–H and O–H groups in total. The summed E-state index contributed by atoms with van der Waals surface area (Å²) in [5.41, 5.74) is 0. The van der Waals surface area contributed by atoms with E-state index >= 15 is 0 Å². The van der Waals surface area contributed by atoms with Crippen LogP contribution in [0.5, 0.6) is 0 Å². The molecule has 0 radical (unpaired) electrons. The SMILES string of the molecule is CCCCCCC/C=C/CCCCCCCC(=O)OC[C@H](CO)OC(=O)CCCCCCCCCCCCCCC. The molecule has 0 saturated carbocycles. The Labute approximate surface area is 254 Å². The topological polar surface area (TPSA) is 72.8 Å². The van der Waals surface area contributed by atoms with E-state index in [0.717, 1.165) is 44.9 Å². The Hall–Kier alpha value is -1.36. The first-order valence-corrected chi connectivity index (χ1v) is 17.7. The molecule has 5 heteroatoms. The molecule has 0 aromatic heterocycles. The van der Waals surface area contributed by atoms with Crippen LogP contribution in [0.25, 0.3) is 0 Å². The van der Waals surface area contributed by atoms with Crippen LogP contribution in [0.1, 0.15) is 187 Å². The van der Waals surface area contributed by atoms with Crippen LogP contribution in [0.2, 0.25) is 0 Å². The van der Waals surface area contributed by atoms with Crippen LogP contribution in [-0.4, -0.2) is 36.4 Å². The Morgan fingerprint density at radius 1 is 0.537 bits per heavy atom. The number of aliphatic hydroxyl groups excluding tert-OH is 1. The highest BCUT2D eigenvalue weighted by Gasteiger charge is 2.16. The molecule has 0 fully saturated rings. The van der Waals surface area contributed by atoms with E-state index in [9.17, 15) is 14.7 Å². The van der Waals surface area contributed by atoms with Gasteiger partial charge in [-0.3, -0.25) is 9.59 Å². The summed E-state index contributed by atoms with van der Waals surface area (Å²) in [4.78, 5) is 24.1. The fourth-order valence-electron chi connectivity index (χ4n) is 5.08. The molecule has 0 heterocycles. The van der Waals surface area contributed by atoms with E-state index in [-0.39, 0.29) is 25.2 Å². The first-order chi connectivity index (χ1) is 20.1. The van der Waals surface area contributed by atoms with Gasteiger partial charge in [-0.15, -0.1) is 0 Å². The van der Waals surface area contributed by atoms with Crippen molar-refractivity contribution in [2.24, 2.45) is 0 Å². The third-order valence-corrected chi connectivity index (χ3v) is 7.81. The van der Waals surface area contributed by atoms with Crippen LogP contribution in [-0.2, 0) is 19.1 Å². The van der Waals surface area contributed by atoms with E-state index < -0.39 is 6.10 Å². The van der Waals surface area contributed by atoms with Crippen molar-refractivity contribution in [2.45, 2.75) is 193 Å². The zero-order chi connectivity index (χ0) is 30.1. The molecule has 41 heavy (non-hydrogen) atoms. The van der Waals surface area contributed by atoms with Crippen LogP contribution in [0, 0.1) is 0 Å². The molecule has 0 aliphatic heterocycles. The summed E-state index contributed by atoms with van der Waals surface area (Å²) in [6.07, 6.45) is 35.5. The average Bonchev–Trinajstić information content (AvgIpc) is 2.97. The molecule has 0 rings (SSSR count). The van der Waals surface area contributed by atoms with Crippen LogP contribution >= 0.6 is 0 Å². The third-order valence-electron chi connectivity index (χ3n) is 7.81.